The fourth-order valence-electron chi connectivity index (χ4n) is 1.16. The summed E-state index contributed by atoms with van der Waals surface area (Å²) in [7, 11) is -3.60. The zero-order chi connectivity index (χ0) is 12.2. The predicted octanol–water partition coefficient (Wildman–Crippen LogP) is 0.483. The van der Waals surface area contributed by atoms with Crippen LogP contribution < -0.4 is 4.72 Å². The quantitative estimate of drug-likeness (QED) is 0.813. The zero-order valence-electron chi connectivity index (χ0n) is 9.21. The highest BCUT2D eigenvalue weighted by Crippen LogP contribution is 2.06. The molecule has 0 aromatic carbocycles. The third-order valence-electron chi connectivity index (χ3n) is 2.00. The van der Waals surface area contributed by atoms with Crippen LogP contribution in [0.15, 0.2) is 17.6 Å². The Morgan fingerprint density at radius 3 is 2.88 bits per heavy atom. The highest BCUT2D eigenvalue weighted by Gasteiger charge is 2.19. The molecule has 1 atom stereocenters. The molecule has 0 amide bonds. The van der Waals surface area contributed by atoms with Gasteiger partial charge < -0.3 is 4.57 Å². The predicted molar refractivity (Wildman–Crippen MR) is 57.9 cm³/mol. The Morgan fingerprint density at radius 1 is 1.69 bits per heavy atom. The first kappa shape index (κ1) is 12.7. The summed E-state index contributed by atoms with van der Waals surface area (Å²) in [5, 5.41) is 8.43. The van der Waals surface area contributed by atoms with Gasteiger partial charge in [-0.05, 0) is 13.8 Å². The molecule has 0 spiro atoms. The summed E-state index contributed by atoms with van der Waals surface area (Å²) in [4.78, 5) is 3.80. The van der Waals surface area contributed by atoms with Crippen LogP contribution in [-0.4, -0.2) is 24.0 Å². The van der Waals surface area contributed by atoms with Gasteiger partial charge in [0.05, 0.1) is 18.8 Å². The van der Waals surface area contributed by atoms with Crippen molar-refractivity contribution in [3.8, 4) is 6.07 Å². The molecule has 1 N–H and O–H groups in total. The van der Waals surface area contributed by atoms with E-state index >= 15 is 0 Å². The van der Waals surface area contributed by atoms with Crippen molar-refractivity contribution in [3.05, 3.63) is 12.5 Å². The van der Waals surface area contributed by atoms with Crippen molar-refractivity contribution in [2.45, 2.75) is 37.9 Å². The van der Waals surface area contributed by atoms with Crippen molar-refractivity contribution < 1.29 is 8.42 Å². The van der Waals surface area contributed by atoms with E-state index in [0.29, 0.717) is 6.54 Å². The molecule has 1 unspecified atom stereocenters. The van der Waals surface area contributed by atoms with Crippen molar-refractivity contribution in [1.29, 1.82) is 5.26 Å². The van der Waals surface area contributed by atoms with Crippen LogP contribution in [0.1, 0.15) is 20.3 Å². The minimum atomic E-state index is -3.60. The van der Waals surface area contributed by atoms with Gasteiger partial charge in [0.1, 0.15) is 0 Å². The fraction of sp³-hybridized carbons (Fsp3) is 0.556. The first-order valence-electron chi connectivity index (χ1n) is 4.90. The van der Waals surface area contributed by atoms with E-state index in [1.807, 2.05) is 13.0 Å². The van der Waals surface area contributed by atoms with Gasteiger partial charge in [0.15, 0.2) is 5.03 Å². The maximum atomic E-state index is 11.8. The van der Waals surface area contributed by atoms with Crippen molar-refractivity contribution >= 4 is 10.0 Å². The smallest absolute Gasteiger partial charge is 0.259 e. The van der Waals surface area contributed by atoms with Crippen molar-refractivity contribution in [3.63, 3.8) is 0 Å². The molecule has 7 heteroatoms. The van der Waals surface area contributed by atoms with Crippen molar-refractivity contribution in [2.24, 2.45) is 0 Å². The lowest BCUT2D eigenvalue weighted by atomic mass is 10.3. The summed E-state index contributed by atoms with van der Waals surface area (Å²) in [5.41, 5.74) is 0. The number of rotatable bonds is 5. The molecule has 0 radical (unpaired) electrons. The lowest BCUT2D eigenvalue weighted by molar-refractivity contribution is 0.560. The molecule has 0 aliphatic rings. The molecule has 1 heterocycles. The summed E-state index contributed by atoms with van der Waals surface area (Å²) in [6.07, 6.45) is 3.05. The van der Waals surface area contributed by atoms with Crippen LogP contribution in [0.5, 0.6) is 0 Å². The SMILES string of the molecule is CCn1cnc(S(=O)(=O)NC(C)CC#N)c1. The van der Waals surface area contributed by atoms with Crippen LogP contribution in [0, 0.1) is 11.3 Å². The molecule has 0 saturated carbocycles. The highest BCUT2D eigenvalue weighted by molar-refractivity contribution is 7.89. The molecule has 16 heavy (non-hydrogen) atoms. The molecule has 88 valence electrons. The molecular formula is C9H14N4O2S. The lowest BCUT2D eigenvalue weighted by Gasteiger charge is -2.08. The Labute approximate surface area is 95.0 Å². The molecule has 1 rings (SSSR count). The van der Waals surface area contributed by atoms with Gasteiger partial charge in [0.2, 0.25) is 0 Å². The first-order chi connectivity index (χ1) is 7.49. The number of nitrogens with zero attached hydrogens (tertiary/aromatic N) is 3. The Morgan fingerprint density at radius 2 is 2.38 bits per heavy atom. The fourth-order valence-corrected chi connectivity index (χ4v) is 2.35. The summed E-state index contributed by atoms with van der Waals surface area (Å²) in [5.74, 6) is 0. The third kappa shape index (κ3) is 3.05. The maximum Gasteiger partial charge on any atom is 0.259 e. The number of sulfonamides is 1. The number of hydrogen-bond donors (Lipinski definition) is 1. The molecule has 1 aromatic heterocycles. The summed E-state index contributed by atoms with van der Waals surface area (Å²) < 4.78 is 27.6. The summed E-state index contributed by atoms with van der Waals surface area (Å²) in [6, 6.07) is 1.49. The van der Waals surface area contributed by atoms with Gasteiger partial charge in [0, 0.05) is 18.8 Å². The number of aryl methyl sites for hydroxylation is 1. The normalized spacial score (nSPS) is 13.3. The monoisotopic (exact) mass is 242 g/mol. The standard InChI is InChI=1S/C9H14N4O2S/c1-3-13-6-9(11-7-13)16(14,15)12-8(2)4-5-10/h6-8,12H,3-4H2,1-2H3. The largest absolute Gasteiger partial charge is 0.336 e. The second-order valence-corrected chi connectivity index (χ2v) is 5.09. The van der Waals surface area contributed by atoms with Crippen molar-refractivity contribution in [2.75, 3.05) is 0 Å². The van der Waals surface area contributed by atoms with Crippen LogP contribution in [0.2, 0.25) is 0 Å². The van der Waals surface area contributed by atoms with Gasteiger partial charge in [0.25, 0.3) is 10.0 Å². The lowest BCUT2D eigenvalue weighted by Crippen LogP contribution is -2.32. The van der Waals surface area contributed by atoms with Gasteiger partial charge >= 0.3 is 0 Å². The minimum Gasteiger partial charge on any atom is -0.336 e. The van der Waals surface area contributed by atoms with Crippen LogP contribution in [0.4, 0.5) is 0 Å². The molecule has 1 aromatic rings. The summed E-state index contributed by atoms with van der Waals surface area (Å²) in [6.45, 7) is 4.19. The van der Waals surface area contributed by atoms with E-state index in [4.69, 9.17) is 5.26 Å². The van der Waals surface area contributed by atoms with E-state index in [1.54, 1.807) is 11.5 Å². The minimum absolute atomic E-state index is 0.0147. The van der Waals surface area contributed by atoms with Crippen LogP contribution in [-0.2, 0) is 16.6 Å². The Hall–Kier alpha value is -1.39. The maximum absolute atomic E-state index is 11.8. The van der Waals surface area contributed by atoms with Crippen molar-refractivity contribution in [1.82, 2.24) is 14.3 Å². The third-order valence-corrected chi connectivity index (χ3v) is 3.48. The molecule has 0 saturated heterocycles. The number of hydrogen-bond acceptors (Lipinski definition) is 4. The Kier molecular flexibility index (Phi) is 4.04. The van der Waals surface area contributed by atoms with E-state index in [2.05, 4.69) is 9.71 Å². The van der Waals surface area contributed by atoms with E-state index < -0.39 is 16.1 Å². The second kappa shape index (κ2) is 5.09. The number of nitrogens with one attached hydrogen (secondary N) is 1. The topological polar surface area (TPSA) is 87.8 Å². The average molecular weight is 242 g/mol. The molecular weight excluding hydrogens is 228 g/mol. The zero-order valence-corrected chi connectivity index (χ0v) is 10.0. The average Bonchev–Trinajstić information content (AvgIpc) is 2.65. The highest BCUT2D eigenvalue weighted by atomic mass is 32.2. The number of nitriles is 1. The van der Waals surface area contributed by atoms with E-state index in [1.165, 1.54) is 12.5 Å². The van der Waals surface area contributed by atoms with Crippen LogP contribution >= 0.6 is 0 Å². The van der Waals surface area contributed by atoms with Gasteiger partial charge in [-0.15, -0.1) is 0 Å². The van der Waals surface area contributed by atoms with Gasteiger partial charge in [-0.1, -0.05) is 0 Å². The van der Waals surface area contributed by atoms with Crippen LogP contribution in [0.3, 0.4) is 0 Å². The molecule has 0 aliphatic heterocycles. The summed E-state index contributed by atoms with van der Waals surface area (Å²) >= 11 is 0. The van der Waals surface area contributed by atoms with Crippen LogP contribution in [0.25, 0.3) is 0 Å². The first-order valence-corrected chi connectivity index (χ1v) is 6.39. The number of imidazole rings is 1. The second-order valence-electron chi connectivity index (χ2n) is 3.43. The van der Waals surface area contributed by atoms with E-state index in [-0.39, 0.29) is 11.4 Å². The van der Waals surface area contributed by atoms with Gasteiger partial charge in [-0.25, -0.2) is 18.1 Å². The molecule has 0 aliphatic carbocycles. The van der Waals surface area contributed by atoms with Gasteiger partial charge in [-0.2, -0.15) is 5.26 Å². The number of aromatic nitrogens is 2. The van der Waals surface area contributed by atoms with E-state index in [0.717, 1.165) is 0 Å². The Balaban J connectivity index is 2.82. The van der Waals surface area contributed by atoms with E-state index in [9.17, 15) is 8.42 Å². The molecule has 0 fully saturated rings. The molecule has 0 bridgehead atoms. The molecule has 6 nitrogen and oxygen atoms in total. The van der Waals surface area contributed by atoms with Gasteiger partial charge in [-0.3, -0.25) is 0 Å². The Bertz CT molecular complexity index is 486.